The zero-order valence-corrected chi connectivity index (χ0v) is 17.9. The number of piperidine rings is 1. The third-order valence-electron chi connectivity index (χ3n) is 6.54. The molecule has 2 aromatic carbocycles. The zero-order chi connectivity index (χ0) is 21.4. The van der Waals surface area contributed by atoms with Gasteiger partial charge in [-0.15, -0.1) is 0 Å². The topological polar surface area (TPSA) is 69.6 Å². The van der Waals surface area contributed by atoms with E-state index < -0.39 is 0 Å². The second-order valence-corrected chi connectivity index (χ2v) is 8.70. The molecule has 3 heterocycles. The van der Waals surface area contributed by atoms with E-state index in [1.165, 1.54) is 0 Å². The molecule has 6 heteroatoms. The molecule has 31 heavy (non-hydrogen) atoms. The molecule has 0 saturated carbocycles. The highest BCUT2D eigenvalue weighted by molar-refractivity contribution is 5.92. The van der Waals surface area contributed by atoms with Gasteiger partial charge in [0.2, 0.25) is 5.91 Å². The number of hydrogen-bond acceptors (Lipinski definition) is 5. The summed E-state index contributed by atoms with van der Waals surface area (Å²) in [7, 11) is 0. The van der Waals surface area contributed by atoms with Gasteiger partial charge in [0, 0.05) is 37.5 Å². The minimum absolute atomic E-state index is 0.113. The Morgan fingerprint density at radius 2 is 1.74 bits per heavy atom. The van der Waals surface area contributed by atoms with Crippen molar-refractivity contribution < 1.29 is 9.90 Å². The lowest BCUT2D eigenvalue weighted by atomic mass is 9.95. The maximum absolute atomic E-state index is 12.8. The highest BCUT2D eigenvalue weighted by Crippen LogP contribution is 2.34. The third kappa shape index (κ3) is 3.82. The lowest BCUT2D eigenvalue weighted by Crippen LogP contribution is -2.42. The van der Waals surface area contributed by atoms with E-state index in [2.05, 4.69) is 30.0 Å². The normalized spacial score (nSPS) is 17.5. The Hall–Kier alpha value is -3.15. The molecule has 0 atom stereocenters. The Kier molecular flexibility index (Phi) is 5.22. The van der Waals surface area contributed by atoms with Crippen LogP contribution >= 0.6 is 0 Å². The monoisotopic (exact) mass is 416 g/mol. The predicted octanol–water partition coefficient (Wildman–Crippen LogP) is 4.15. The minimum Gasteiger partial charge on any atom is -0.507 e. The molecule has 0 spiro atoms. The van der Waals surface area contributed by atoms with Crippen molar-refractivity contribution in [3.05, 3.63) is 48.0 Å². The number of benzene rings is 2. The predicted molar refractivity (Wildman–Crippen MR) is 122 cm³/mol. The average molecular weight is 417 g/mol. The number of aromatic nitrogens is 2. The summed E-state index contributed by atoms with van der Waals surface area (Å²) < 4.78 is 0. The number of carbonyl (C=O) groups is 1. The number of anilines is 1. The van der Waals surface area contributed by atoms with Gasteiger partial charge in [0.15, 0.2) is 5.82 Å². The number of amides is 1. The molecule has 1 amide bonds. The van der Waals surface area contributed by atoms with Crippen LogP contribution in [0.5, 0.6) is 5.75 Å². The molecule has 5 rings (SSSR count). The van der Waals surface area contributed by atoms with Crippen LogP contribution in [0.1, 0.15) is 31.2 Å². The highest BCUT2D eigenvalue weighted by atomic mass is 16.3. The molecule has 3 aromatic rings. The van der Waals surface area contributed by atoms with Crippen molar-refractivity contribution in [2.45, 2.75) is 32.6 Å². The first-order valence-corrected chi connectivity index (χ1v) is 11.2. The van der Waals surface area contributed by atoms with Gasteiger partial charge in [-0.3, -0.25) is 4.79 Å². The van der Waals surface area contributed by atoms with Crippen molar-refractivity contribution in [3.63, 3.8) is 0 Å². The number of para-hydroxylation sites is 1. The van der Waals surface area contributed by atoms with E-state index in [9.17, 15) is 9.90 Å². The third-order valence-corrected chi connectivity index (χ3v) is 6.54. The van der Waals surface area contributed by atoms with E-state index in [0.29, 0.717) is 17.3 Å². The molecule has 160 valence electrons. The summed E-state index contributed by atoms with van der Waals surface area (Å²) in [6, 6.07) is 13.4. The molecule has 1 N–H and O–H groups in total. The highest BCUT2D eigenvalue weighted by Gasteiger charge is 2.31. The second kappa shape index (κ2) is 8.17. The molecule has 0 bridgehead atoms. The van der Waals surface area contributed by atoms with Crippen molar-refractivity contribution in [3.8, 4) is 17.1 Å². The van der Waals surface area contributed by atoms with Gasteiger partial charge in [-0.25, -0.2) is 9.97 Å². The second-order valence-electron chi connectivity index (χ2n) is 8.70. The number of phenolic OH excluding ortho intramolecular Hbond substituents is 1. The van der Waals surface area contributed by atoms with E-state index >= 15 is 0 Å². The van der Waals surface area contributed by atoms with Crippen LogP contribution in [-0.4, -0.2) is 52.1 Å². The summed E-state index contributed by atoms with van der Waals surface area (Å²) in [5.41, 5.74) is 2.64. The summed E-state index contributed by atoms with van der Waals surface area (Å²) in [5.74, 6) is 2.03. The van der Waals surface area contributed by atoms with E-state index in [4.69, 9.17) is 9.97 Å². The van der Waals surface area contributed by atoms with Crippen molar-refractivity contribution in [2.24, 2.45) is 5.92 Å². The largest absolute Gasteiger partial charge is 0.507 e. The summed E-state index contributed by atoms with van der Waals surface area (Å²) in [6.07, 6.45) is 3.95. The minimum atomic E-state index is 0.113. The Morgan fingerprint density at radius 3 is 2.48 bits per heavy atom. The molecular weight excluding hydrogens is 388 g/mol. The molecular formula is C25H28N4O2. The number of carbonyl (C=O) groups excluding carboxylic acids is 1. The first-order chi connectivity index (χ1) is 15.1. The first-order valence-electron chi connectivity index (χ1n) is 11.2. The van der Waals surface area contributed by atoms with E-state index in [1.54, 1.807) is 12.1 Å². The molecule has 2 saturated heterocycles. The van der Waals surface area contributed by atoms with Gasteiger partial charge in [0.1, 0.15) is 11.6 Å². The number of likely N-dealkylation sites (tertiary alicyclic amines) is 1. The van der Waals surface area contributed by atoms with E-state index in [0.717, 1.165) is 74.1 Å². The molecule has 0 aliphatic carbocycles. The molecule has 0 unspecified atom stereocenters. The molecule has 2 fully saturated rings. The van der Waals surface area contributed by atoms with Gasteiger partial charge in [-0.05, 0) is 62.4 Å². The number of phenols is 1. The average Bonchev–Trinajstić information content (AvgIpc) is 3.33. The van der Waals surface area contributed by atoms with Crippen LogP contribution in [0.2, 0.25) is 0 Å². The van der Waals surface area contributed by atoms with Crippen molar-refractivity contribution in [2.75, 3.05) is 31.1 Å². The molecule has 0 radical (unpaired) electrons. The SMILES string of the molecule is Cc1ccc2c(N3CCC(C(=O)N4CCCC4)CC3)nc(-c3ccccc3O)nc2c1. The van der Waals surface area contributed by atoms with Crippen LogP contribution in [0.15, 0.2) is 42.5 Å². The van der Waals surface area contributed by atoms with Crippen molar-refractivity contribution in [1.82, 2.24) is 14.9 Å². The van der Waals surface area contributed by atoms with Crippen molar-refractivity contribution in [1.29, 1.82) is 0 Å². The summed E-state index contributed by atoms with van der Waals surface area (Å²) >= 11 is 0. The fourth-order valence-electron chi connectivity index (χ4n) is 4.78. The van der Waals surface area contributed by atoms with Crippen LogP contribution in [-0.2, 0) is 4.79 Å². The number of aryl methyl sites for hydroxylation is 1. The lowest BCUT2D eigenvalue weighted by molar-refractivity contribution is -0.135. The molecule has 2 aliphatic heterocycles. The van der Waals surface area contributed by atoms with E-state index in [-0.39, 0.29) is 11.7 Å². The van der Waals surface area contributed by atoms with Crippen LogP contribution in [0.4, 0.5) is 5.82 Å². The number of hydrogen-bond donors (Lipinski definition) is 1. The van der Waals surface area contributed by atoms with Crippen LogP contribution in [0.25, 0.3) is 22.3 Å². The summed E-state index contributed by atoms with van der Waals surface area (Å²) in [5, 5.41) is 11.4. The molecule has 6 nitrogen and oxygen atoms in total. The van der Waals surface area contributed by atoms with Crippen LogP contribution < -0.4 is 4.90 Å². The van der Waals surface area contributed by atoms with Gasteiger partial charge in [-0.1, -0.05) is 18.2 Å². The summed E-state index contributed by atoms with van der Waals surface area (Å²) in [4.78, 5) is 26.8. The van der Waals surface area contributed by atoms with E-state index in [1.807, 2.05) is 17.0 Å². The van der Waals surface area contributed by atoms with Gasteiger partial charge in [-0.2, -0.15) is 0 Å². The maximum Gasteiger partial charge on any atom is 0.225 e. The van der Waals surface area contributed by atoms with Crippen LogP contribution in [0, 0.1) is 12.8 Å². The smallest absolute Gasteiger partial charge is 0.225 e. The van der Waals surface area contributed by atoms with Gasteiger partial charge < -0.3 is 14.9 Å². The van der Waals surface area contributed by atoms with Gasteiger partial charge in [0.05, 0.1) is 11.1 Å². The maximum atomic E-state index is 12.8. The fraction of sp³-hybridized carbons (Fsp3) is 0.400. The molecule has 2 aliphatic rings. The Bertz CT molecular complexity index is 1120. The Balaban J connectivity index is 1.46. The lowest BCUT2D eigenvalue weighted by Gasteiger charge is -2.34. The zero-order valence-electron chi connectivity index (χ0n) is 17.9. The number of rotatable bonds is 3. The standard InChI is InChI=1S/C25H28N4O2/c1-17-8-9-19-21(16-17)26-23(20-6-2-3-7-22(20)30)27-24(19)28-14-10-18(11-15-28)25(31)29-12-4-5-13-29/h2-3,6-9,16,18,30H,4-5,10-15H2,1H3. The number of nitrogens with zero attached hydrogens (tertiary/aromatic N) is 4. The Morgan fingerprint density at radius 1 is 1.00 bits per heavy atom. The van der Waals surface area contributed by atoms with Gasteiger partial charge >= 0.3 is 0 Å². The van der Waals surface area contributed by atoms with Crippen LogP contribution in [0.3, 0.4) is 0 Å². The van der Waals surface area contributed by atoms with Crippen molar-refractivity contribution >= 4 is 22.6 Å². The summed E-state index contributed by atoms with van der Waals surface area (Å²) in [6.45, 7) is 5.48. The molecule has 1 aromatic heterocycles. The first kappa shape index (κ1) is 19.8. The fourth-order valence-corrected chi connectivity index (χ4v) is 4.78. The number of aromatic hydroxyl groups is 1. The number of fused-ring (bicyclic) bond motifs is 1. The quantitative estimate of drug-likeness (QED) is 0.695. The van der Waals surface area contributed by atoms with Gasteiger partial charge in [0.25, 0.3) is 0 Å². The Labute approximate surface area is 182 Å².